The molecular formula is C22H26F2N2O3S. The Morgan fingerprint density at radius 1 is 1.10 bits per heavy atom. The van der Waals surface area contributed by atoms with Crippen LogP contribution in [-0.4, -0.2) is 37.6 Å². The molecule has 2 aromatic carbocycles. The van der Waals surface area contributed by atoms with E-state index in [4.69, 9.17) is 0 Å². The van der Waals surface area contributed by atoms with E-state index < -0.39 is 26.4 Å². The van der Waals surface area contributed by atoms with Crippen molar-refractivity contribution in [2.45, 2.75) is 56.0 Å². The molecular weight excluding hydrogens is 410 g/mol. The second-order valence-electron chi connectivity index (χ2n) is 7.60. The monoisotopic (exact) mass is 436 g/mol. The number of piperidine rings is 1. The van der Waals surface area contributed by atoms with E-state index in [2.05, 4.69) is 23.2 Å². The lowest BCUT2D eigenvalue weighted by Gasteiger charge is -2.33. The van der Waals surface area contributed by atoms with Crippen molar-refractivity contribution >= 4 is 15.7 Å². The molecule has 1 saturated heterocycles. The first-order chi connectivity index (χ1) is 14.3. The number of hydrogen-bond acceptors (Lipinski definition) is 4. The smallest absolute Gasteiger partial charge is 0.341 e. The largest absolute Gasteiger partial charge is 0.348 e. The Morgan fingerprint density at radius 3 is 2.40 bits per heavy atom. The van der Waals surface area contributed by atoms with Crippen molar-refractivity contribution in [1.82, 2.24) is 10.2 Å². The van der Waals surface area contributed by atoms with Gasteiger partial charge in [0.1, 0.15) is 0 Å². The Labute approximate surface area is 176 Å². The van der Waals surface area contributed by atoms with Gasteiger partial charge < -0.3 is 5.32 Å². The van der Waals surface area contributed by atoms with Crippen molar-refractivity contribution < 1.29 is 22.0 Å². The van der Waals surface area contributed by atoms with Gasteiger partial charge in [0, 0.05) is 24.7 Å². The van der Waals surface area contributed by atoms with Crippen LogP contribution >= 0.6 is 0 Å². The summed E-state index contributed by atoms with van der Waals surface area (Å²) in [6, 6.07) is 13.0. The van der Waals surface area contributed by atoms with Crippen molar-refractivity contribution in [1.29, 1.82) is 0 Å². The standard InChI is InChI=1S/C22H26F2N2O3S/c1-16-6-4-5-13-26(16)15-19-8-3-2-7-18(19)14-25-21(27)17-9-11-20(12-10-17)30(28,29)22(23)24/h2-3,7-12,16,22H,4-6,13-15H2,1H3,(H,25,27). The number of benzene rings is 2. The second kappa shape index (κ2) is 9.66. The van der Waals surface area contributed by atoms with Crippen molar-refractivity contribution in [3.05, 3.63) is 65.2 Å². The maximum atomic E-state index is 12.6. The van der Waals surface area contributed by atoms with Crippen molar-refractivity contribution in [2.75, 3.05) is 6.54 Å². The maximum Gasteiger partial charge on any atom is 0.341 e. The third-order valence-corrected chi connectivity index (χ3v) is 6.95. The Bertz CT molecular complexity index is 978. The molecule has 0 aromatic heterocycles. The summed E-state index contributed by atoms with van der Waals surface area (Å²) in [4.78, 5) is 14.4. The Morgan fingerprint density at radius 2 is 1.77 bits per heavy atom. The molecule has 1 amide bonds. The van der Waals surface area contributed by atoms with Crippen LogP contribution in [0.5, 0.6) is 0 Å². The fourth-order valence-electron chi connectivity index (χ4n) is 3.67. The topological polar surface area (TPSA) is 66.5 Å². The number of nitrogens with one attached hydrogen (secondary N) is 1. The minimum absolute atomic E-state index is 0.213. The quantitative estimate of drug-likeness (QED) is 0.713. The van der Waals surface area contributed by atoms with Gasteiger partial charge >= 0.3 is 5.76 Å². The molecule has 1 atom stereocenters. The van der Waals surface area contributed by atoms with Gasteiger partial charge in [-0.2, -0.15) is 8.78 Å². The summed E-state index contributed by atoms with van der Waals surface area (Å²) in [6.45, 7) is 4.46. The predicted octanol–water partition coefficient (Wildman–Crippen LogP) is 3.99. The highest BCUT2D eigenvalue weighted by atomic mass is 32.2. The first-order valence-corrected chi connectivity index (χ1v) is 11.5. The molecule has 1 N–H and O–H groups in total. The van der Waals surface area contributed by atoms with E-state index in [1.807, 2.05) is 18.2 Å². The van der Waals surface area contributed by atoms with E-state index in [-0.39, 0.29) is 5.56 Å². The minimum Gasteiger partial charge on any atom is -0.348 e. The van der Waals surface area contributed by atoms with Crippen LogP contribution in [0.25, 0.3) is 0 Å². The molecule has 0 radical (unpaired) electrons. The predicted molar refractivity (Wildman–Crippen MR) is 111 cm³/mol. The number of sulfone groups is 1. The molecule has 30 heavy (non-hydrogen) atoms. The van der Waals surface area contributed by atoms with Gasteiger partial charge in [-0.3, -0.25) is 9.69 Å². The lowest BCUT2D eigenvalue weighted by Crippen LogP contribution is -2.37. The molecule has 8 heteroatoms. The van der Waals surface area contributed by atoms with Crippen molar-refractivity contribution in [3.63, 3.8) is 0 Å². The van der Waals surface area contributed by atoms with E-state index in [0.717, 1.165) is 36.3 Å². The molecule has 1 heterocycles. The van der Waals surface area contributed by atoms with Gasteiger partial charge in [-0.05, 0) is 61.7 Å². The summed E-state index contributed by atoms with van der Waals surface area (Å²) in [5.74, 6) is -3.88. The molecule has 162 valence electrons. The molecule has 1 aliphatic heterocycles. The summed E-state index contributed by atoms with van der Waals surface area (Å²) in [7, 11) is -4.67. The van der Waals surface area contributed by atoms with E-state index in [9.17, 15) is 22.0 Å². The average molecular weight is 437 g/mol. The van der Waals surface area contributed by atoms with E-state index in [1.54, 1.807) is 0 Å². The van der Waals surface area contributed by atoms with Gasteiger partial charge in [-0.1, -0.05) is 30.7 Å². The van der Waals surface area contributed by atoms with Crippen molar-refractivity contribution in [3.8, 4) is 0 Å². The Kier molecular flexibility index (Phi) is 7.20. The minimum atomic E-state index is -4.67. The molecule has 1 fully saturated rings. The van der Waals surface area contributed by atoms with E-state index in [1.165, 1.54) is 31.4 Å². The normalized spacial score (nSPS) is 17.8. The van der Waals surface area contributed by atoms with Crippen LogP contribution in [0.1, 0.15) is 47.7 Å². The van der Waals surface area contributed by atoms with Crippen molar-refractivity contribution in [2.24, 2.45) is 0 Å². The Hall–Kier alpha value is -2.32. The van der Waals surface area contributed by atoms with Gasteiger partial charge in [0.2, 0.25) is 9.84 Å². The first kappa shape index (κ1) is 22.4. The number of nitrogens with zero attached hydrogens (tertiary/aromatic N) is 1. The molecule has 5 nitrogen and oxygen atoms in total. The fourth-order valence-corrected chi connectivity index (χ4v) is 4.39. The molecule has 3 rings (SSSR count). The number of likely N-dealkylation sites (tertiary alicyclic amines) is 1. The lowest BCUT2D eigenvalue weighted by molar-refractivity contribution is 0.0950. The lowest BCUT2D eigenvalue weighted by atomic mass is 10.0. The number of carbonyl (C=O) groups is 1. The highest BCUT2D eigenvalue weighted by Crippen LogP contribution is 2.21. The van der Waals surface area contributed by atoms with Crippen LogP contribution in [-0.2, 0) is 22.9 Å². The number of amides is 1. The van der Waals surface area contributed by atoms with Crippen LogP contribution in [0, 0.1) is 0 Å². The van der Waals surface area contributed by atoms with Gasteiger partial charge in [0.25, 0.3) is 5.91 Å². The van der Waals surface area contributed by atoms with Gasteiger partial charge in [0.15, 0.2) is 0 Å². The Balaban J connectivity index is 1.65. The molecule has 0 aliphatic carbocycles. The molecule has 2 aromatic rings. The fraction of sp³-hybridized carbons (Fsp3) is 0.409. The van der Waals surface area contributed by atoms with Gasteiger partial charge in [0.05, 0.1) is 4.90 Å². The number of alkyl halides is 2. The maximum absolute atomic E-state index is 12.6. The van der Waals surface area contributed by atoms with E-state index >= 15 is 0 Å². The molecule has 1 unspecified atom stereocenters. The summed E-state index contributed by atoms with van der Waals surface area (Å²) in [5, 5.41) is 2.83. The van der Waals surface area contributed by atoms with Crippen LogP contribution in [0.4, 0.5) is 8.78 Å². The highest BCUT2D eigenvalue weighted by molar-refractivity contribution is 7.91. The molecule has 1 aliphatic rings. The van der Waals surface area contributed by atoms with Crippen LogP contribution in [0.2, 0.25) is 0 Å². The SMILES string of the molecule is CC1CCCCN1Cc1ccccc1CNC(=O)c1ccc(S(=O)(=O)C(F)F)cc1. The number of halogens is 2. The third-order valence-electron chi connectivity index (χ3n) is 5.55. The summed E-state index contributed by atoms with van der Waals surface area (Å²) in [5.41, 5.74) is 2.38. The van der Waals surface area contributed by atoms with Crippen LogP contribution in [0.15, 0.2) is 53.4 Å². The zero-order chi connectivity index (χ0) is 21.7. The number of carbonyl (C=O) groups excluding carboxylic acids is 1. The van der Waals surface area contributed by atoms with Gasteiger partial charge in [-0.25, -0.2) is 8.42 Å². The van der Waals surface area contributed by atoms with Crippen LogP contribution in [0.3, 0.4) is 0 Å². The molecule has 0 saturated carbocycles. The summed E-state index contributed by atoms with van der Waals surface area (Å²) < 4.78 is 48.2. The number of hydrogen-bond donors (Lipinski definition) is 1. The summed E-state index contributed by atoms with van der Waals surface area (Å²) in [6.07, 6.45) is 3.64. The second-order valence-corrected chi connectivity index (χ2v) is 9.51. The molecule has 0 spiro atoms. The zero-order valence-corrected chi connectivity index (χ0v) is 17.7. The first-order valence-electron chi connectivity index (χ1n) is 10.00. The van der Waals surface area contributed by atoms with Crippen LogP contribution < -0.4 is 5.32 Å². The van der Waals surface area contributed by atoms with E-state index in [0.29, 0.717) is 12.6 Å². The highest BCUT2D eigenvalue weighted by Gasteiger charge is 2.26. The van der Waals surface area contributed by atoms with Gasteiger partial charge in [-0.15, -0.1) is 0 Å². The number of rotatable bonds is 7. The average Bonchev–Trinajstić information content (AvgIpc) is 2.74. The molecule has 0 bridgehead atoms. The zero-order valence-electron chi connectivity index (χ0n) is 16.9. The third kappa shape index (κ3) is 5.23. The summed E-state index contributed by atoms with van der Waals surface area (Å²) >= 11 is 0.